The molecule has 0 saturated heterocycles. The Labute approximate surface area is 150 Å². The quantitative estimate of drug-likeness (QED) is 0.732. The molecule has 122 valence electrons. The summed E-state index contributed by atoms with van der Waals surface area (Å²) in [6.07, 6.45) is 2.73. The zero-order chi connectivity index (χ0) is 16.9. The average Bonchev–Trinajstić information content (AvgIpc) is 2.54. The second-order valence-electron chi connectivity index (χ2n) is 5.55. The highest BCUT2D eigenvalue weighted by Crippen LogP contribution is 2.19. The molecule has 0 spiro atoms. The van der Waals surface area contributed by atoms with E-state index in [1.165, 1.54) is 0 Å². The minimum absolute atomic E-state index is 0.0266. The number of para-hydroxylation sites is 1. The third-order valence-electron chi connectivity index (χ3n) is 3.73. The minimum Gasteiger partial charge on any atom is -0.355 e. The summed E-state index contributed by atoms with van der Waals surface area (Å²) in [5, 5.41) is 5.17. The van der Waals surface area contributed by atoms with E-state index in [4.69, 9.17) is 23.2 Å². The van der Waals surface area contributed by atoms with E-state index >= 15 is 0 Å². The molecule has 3 aromatic rings. The molecule has 3 rings (SSSR count). The molecule has 5 heteroatoms. The van der Waals surface area contributed by atoms with Gasteiger partial charge in [-0.1, -0.05) is 47.5 Å². The van der Waals surface area contributed by atoms with Crippen molar-refractivity contribution in [1.29, 1.82) is 0 Å². The van der Waals surface area contributed by atoms with Gasteiger partial charge in [-0.2, -0.15) is 0 Å². The lowest BCUT2D eigenvalue weighted by Crippen LogP contribution is -2.27. The largest absolute Gasteiger partial charge is 0.355 e. The number of carbonyl (C=O) groups excluding carboxylic acids is 1. The summed E-state index contributed by atoms with van der Waals surface area (Å²) in [6.45, 7) is 0.535. The fourth-order valence-electron chi connectivity index (χ4n) is 2.65. The van der Waals surface area contributed by atoms with Crippen LogP contribution >= 0.6 is 23.2 Å². The highest BCUT2D eigenvalue weighted by atomic mass is 35.5. The lowest BCUT2D eigenvalue weighted by atomic mass is 10.1. The molecule has 0 unspecified atom stereocenters. The lowest BCUT2D eigenvalue weighted by Gasteiger charge is -2.08. The maximum atomic E-state index is 12.2. The smallest absolute Gasteiger partial charge is 0.224 e. The summed E-state index contributed by atoms with van der Waals surface area (Å²) in [5.41, 5.74) is 2.80. The number of carbonyl (C=O) groups is 1. The topological polar surface area (TPSA) is 42.0 Å². The van der Waals surface area contributed by atoms with Crippen LogP contribution in [0.3, 0.4) is 0 Å². The van der Waals surface area contributed by atoms with Crippen LogP contribution in [-0.2, 0) is 17.6 Å². The Balaban J connectivity index is 1.59. The van der Waals surface area contributed by atoms with Gasteiger partial charge in [0, 0.05) is 28.2 Å². The van der Waals surface area contributed by atoms with Crippen LogP contribution in [0.5, 0.6) is 0 Å². The number of nitrogens with zero attached hydrogens (tertiary/aromatic N) is 1. The molecule has 1 amide bonds. The maximum Gasteiger partial charge on any atom is 0.224 e. The third-order valence-corrected chi connectivity index (χ3v) is 4.16. The molecule has 2 aromatic carbocycles. The predicted molar refractivity (Wildman–Crippen MR) is 98.6 cm³/mol. The summed E-state index contributed by atoms with van der Waals surface area (Å²) >= 11 is 12.0. The molecule has 0 aliphatic carbocycles. The molecule has 0 fully saturated rings. The molecule has 3 nitrogen and oxygen atoms in total. The van der Waals surface area contributed by atoms with Crippen molar-refractivity contribution in [2.75, 3.05) is 6.54 Å². The first-order chi connectivity index (χ1) is 11.6. The fraction of sp³-hybridized carbons (Fsp3) is 0.158. The van der Waals surface area contributed by atoms with Crippen molar-refractivity contribution >= 4 is 40.0 Å². The van der Waals surface area contributed by atoms with Gasteiger partial charge in [0.15, 0.2) is 0 Å². The molecule has 0 atom stereocenters. The van der Waals surface area contributed by atoms with Gasteiger partial charge in [0.2, 0.25) is 5.91 Å². The summed E-state index contributed by atoms with van der Waals surface area (Å²) in [7, 11) is 0. The number of pyridine rings is 1. The monoisotopic (exact) mass is 358 g/mol. The highest BCUT2D eigenvalue weighted by molar-refractivity contribution is 6.34. The van der Waals surface area contributed by atoms with Crippen molar-refractivity contribution in [3.63, 3.8) is 0 Å². The van der Waals surface area contributed by atoms with Gasteiger partial charge >= 0.3 is 0 Å². The Morgan fingerprint density at radius 2 is 1.79 bits per heavy atom. The van der Waals surface area contributed by atoms with Crippen LogP contribution in [-0.4, -0.2) is 17.4 Å². The van der Waals surface area contributed by atoms with Crippen molar-refractivity contribution in [1.82, 2.24) is 10.3 Å². The number of aromatic nitrogens is 1. The SMILES string of the molecule is O=C(Cc1cccc2cccnc12)NCCc1cc(Cl)cc(Cl)c1. The van der Waals surface area contributed by atoms with E-state index < -0.39 is 0 Å². The van der Waals surface area contributed by atoms with Gasteiger partial charge < -0.3 is 5.32 Å². The minimum atomic E-state index is -0.0266. The molecule has 0 bridgehead atoms. The first-order valence-corrected chi connectivity index (χ1v) is 8.42. The highest BCUT2D eigenvalue weighted by Gasteiger charge is 2.07. The van der Waals surface area contributed by atoms with E-state index in [1.807, 2.05) is 42.5 Å². The van der Waals surface area contributed by atoms with Gasteiger partial charge in [-0.05, 0) is 41.8 Å². The number of fused-ring (bicyclic) bond motifs is 1. The van der Waals surface area contributed by atoms with Crippen LogP contribution in [0, 0.1) is 0 Å². The maximum absolute atomic E-state index is 12.2. The van der Waals surface area contributed by atoms with Gasteiger partial charge in [-0.3, -0.25) is 9.78 Å². The number of benzene rings is 2. The van der Waals surface area contributed by atoms with Crippen molar-refractivity contribution in [2.45, 2.75) is 12.8 Å². The number of rotatable bonds is 5. The van der Waals surface area contributed by atoms with E-state index in [0.29, 0.717) is 29.4 Å². The lowest BCUT2D eigenvalue weighted by molar-refractivity contribution is -0.120. The number of hydrogen-bond acceptors (Lipinski definition) is 2. The van der Waals surface area contributed by atoms with Crippen LogP contribution in [0.1, 0.15) is 11.1 Å². The van der Waals surface area contributed by atoms with Gasteiger partial charge in [0.1, 0.15) is 0 Å². The number of halogens is 2. The van der Waals surface area contributed by atoms with E-state index in [-0.39, 0.29) is 5.91 Å². The molecule has 0 aliphatic rings. The van der Waals surface area contributed by atoms with Crippen LogP contribution in [0.25, 0.3) is 10.9 Å². The van der Waals surface area contributed by atoms with Gasteiger partial charge in [-0.15, -0.1) is 0 Å². The van der Waals surface area contributed by atoms with Crippen LogP contribution in [0.2, 0.25) is 10.0 Å². The van der Waals surface area contributed by atoms with Crippen molar-refractivity contribution < 1.29 is 4.79 Å². The van der Waals surface area contributed by atoms with E-state index in [9.17, 15) is 4.79 Å². The standard InChI is InChI=1S/C19H16Cl2N2O/c20-16-9-13(10-17(21)12-16)6-8-22-18(24)11-15-4-1-3-14-5-2-7-23-19(14)15/h1-5,7,9-10,12H,6,8,11H2,(H,22,24). The van der Waals surface area contributed by atoms with Crippen molar-refractivity contribution in [2.24, 2.45) is 0 Å². The fourth-order valence-corrected chi connectivity index (χ4v) is 3.22. The van der Waals surface area contributed by atoms with Gasteiger partial charge in [0.05, 0.1) is 11.9 Å². The zero-order valence-electron chi connectivity index (χ0n) is 12.9. The Morgan fingerprint density at radius 1 is 1.04 bits per heavy atom. The van der Waals surface area contributed by atoms with E-state index in [2.05, 4.69) is 10.3 Å². The predicted octanol–water partition coefficient (Wildman–Crippen LogP) is 4.44. The summed E-state index contributed by atoms with van der Waals surface area (Å²) in [4.78, 5) is 16.6. The number of hydrogen-bond donors (Lipinski definition) is 1. The Morgan fingerprint density at radius 3 is 2.58 bits per heavy atom. The second kappa shape index (κ2) is 7.65. The zero-order valence-corrected chi connectivity index (χ0v) is 14.4. The molecular weight excluding hydrogens is 343 g/mol. The second-order valence-corrected chi connectivity index (χ2v) is 6.42. The average molecular weight is 359 g/mol. The molecule has 0 radical (unpaired) electrons. The summed E-state index contributed by atoms with van der Waals surface area (Å²) in [5.74, 6) is -0.0266. The Kier molecular flexibility index (Phi) is 5.34. The van der Waals surface area contributed by atoms with Gasteiger partial charge in [0.25, 0.3) is 0 Å². The van der Waals surface area contributed by atoms with Crippen molar-refractivity contribution in [3.8, 4) is 0 Å². The molecule has 0 aliphatic heterocycles. The molecule has 1 N–H and O–H groups in total. The molecule has 0 saturated carbocycles. The Hall–Kier alpha value is -2.10. The molecular formula is C19H16Cl2N2O. The molecule has 1 aromatic heterocycles. The number of amides is 1. The molecule has 1 heterocycles. The molecule has 24 heavy (non-hydrogen) atoms. The third kappa shape index (κ3) is 4.25. The van der Waals surface area contributed by atoms with E-state index in [1.54, 1.807) is 12.3 Å². The van der Waals surface area contributed by atoms with Crippen molar-refractivity contribution in [3.05, 3.63) is 75.9 Å². The van der Waals surface area contributed by atoms with Crippen LogP contribution in [0.4, 0.5) is 0 Å². The normalized spacial score (nSPS) is 10.8. The first kappa shape index (κ1) is 16.7. The Bertz CT molecular complexity index is 855. The first-order valence-electron chi connectivity index (χ1n) is 7.66. The number of nitrogens with one attached hydrogen (secondary N) is 1. The van der Waals surface area contributed by atoms with Crippen LogP contribution < -0.4 is 5.32 Å². The summed E-state index contributed by atoms with van der Waals surface area (Å²) < 4.78 is 0. The summed E-state index contributed by atoms with van der Waals surface area (Å²) in [6, 6.07) is 15.2. The van der Waals surface area contributed by atoms with E-state index in [0.717, 1.165) is 22.0 Å². The van der Waals surface area contributed by atoms with Gasteiger partial charge in [-0.25, -0.2) is 0 Å². The van der Waals surface area contributed by atoms with Crippen LogP contribution in [0.15, 0.2) is 54.7 Å².